The summed E-state index contributed by atoms with van der Waals surface area (Å²) in [7, 11) is 0. The van der Waals surface area contributed by atoms with Crippen molar-refractivity contribution in [3.05, 3.63) is 45.9 Å². The van der Waals surface area contributed by atoms with Crippen LogP contribution < -0.4 is 11.1 Å². The SMILES string of the molecule is CC(N)c1nc(C(=O)NCc2ccc(O)cc2)cs1. The zero-order chi connectivity index (χ0) is 13.8. The molecule has 1 aromatic heterocycles. The monoisotopic (exact) mass is 277 g/mol. The van der Waals surface area contributed by atoms with Crippen molar-refractivity contribution in [2.75, 3.05) is 0 Å². The van der Waals surface area contributed by atoms with Gasteiger partial charge < -0.3 is 16.2 Å². The third-order valence-corrected chi connectivity index (χ3v) is 3.58. The number of hydrogen-bond donors (Lipinski definition) is 3. The number of aromatic hydroxyl groups is 1. The number of thiazole rings is 1. The summed E-state index contributed by atoms with van der Waals surface area (Å²) in [4.78, 5) is 16.0. The van der Waals surface area contributed by atoms with Crippen molar-refractivity contribution < 1.29 is 9.90 Å². The standard InChI is InChI=1S/C13H15N3O2S/c1-8(14)13-16-11(7-19-13)12(18)15-6-9-2-4-10(17)5-3-9/h2-5,7-8,17H,6,14H2,1H3,(H,15,18). The summed E-state index contributed by atoms with van der Waals surface area (Å²) in [6.07, 6.45) is 0. The van der Waals surface area contributed by atoms with Gasteiger partial charge in [-0.3, -0.25) is 4.79 Å². The molecule has 0 aliphatic carbocycles. The molecule has 1 aromatic carbocycles. The van der Waals surface area contributed by atoms with Gasteiger partial charge in [-0.2, -0.15) is 0 Å². The van der Waals surface area contributed by atoms with Crippen molar-refractivity contribution in [2.24, 2.45) is 5.73 Å². The lowest BCUT2D eigenvalue weighted by molar-refractivity contribution is 0.0946. The molecule has 0 saturated heterocycles. The first-order valence-electron chi connectivity index (χ1n) is 5.83. The van der Waals surface area contributed by atoms with Crippen LogP contribution in [0.4, 0.5) is 0 Å². The Hall–Kier alpha value is -1.92. The third-order valence-electron chi connectivity index (χ3n) is 2.53. The van der Waals surface area contributed by atoms with Crippen LogP contribution in [0.1, 0.15) is 34.0 Å². The topological polar surface area (TPSA) is 88.2 Å². The van der Waals surface area contributed by atoms with Gasteiger partial charge in [0.05, 0.1) is 6.04 Å². The Labute approximate surface area is 115 Å². The largest absolute Gasteiger partial charge is 0.508 e. The number of rotatable bonds is 4. The minimum Gasteiger partial charge on any atom is -0.508 e. The maximum absolute atomic E-state index is 11.9. The lowest BCUT2D eigenvalue weighted by atomic mass is 10.2. The van der Waals surface area contributed by atoms with Gasteiger partial charge in [0.2, 0.25) is 0 Å². The number of phenols is 1. The number of nitrogens with one attached hydrogen (secondary N) is 1. The van der Waals surface area contributed by atoms with Gasteiger partial charge in [0.25, 0.3) is 5.91 Å². The van der Waals surface area contributed by atoms with Gasteiger partial charge in [-0.1, -0.05) is 12.1 Å². The van der Waals surface area contributed by atoms with Crippen LogP contribution in [0.15, 0.2) is 29.6 Å². The molecule has 0 bridgehead atoms. The second-order valence-electron chi connectivity index (χ2n) is 4.21. The van der Waals surface area contributed by atoms with Crippen LogP contribution in [0.3, 0.4) is 0 Å². The second kappa shape index (κ2) is 5.81. The zero-order valence-corrected chi connectivity index (χ0v) is 11.3. The van der Waals surface area contributed by atoms with Crippen LogP contribution in [0.2, 0.25) is 0 Å². The summed E-state index contributed by atoms with van der Waals surface area (Å²) in [5, 5.41) is 14.4. The van der Waals surface area contributed by atoms with E-state index in [0.717, 1.165) is 10.6 Å². The number of benzene rings is 1. The predicted octanol–water partition coefficient (Wildman–Crippen LogP) is 1.80. The van der Waals surface area contributed by atoms with E-state index in [0.29, 0.717) is 12.2 Å². The van der Waals surface area contributed by atoms with E-state index in [1.54, 1.807) is 29.6 Å². The van der Waals surface area contributed by atoms with E-state index < -0.39 is 0 Å². The van der Waals surface area contributed by atoms with Gasteiger partial charge >= 0.3 is 0 Å². The number of carbonyl (C=O) groups excluding carboxylic acids is 1. The average molecular weight is 277 g/mol. The molecule has 1 atom stereocenters. The molecule has 100 valence electrons. The van der Waals surface area contributed by atoms with Crippen molar-refractivity contribution in [1.82, 2.24) is 10.3 Å². The molecule has 1 heterocycles. The number of nitrogens with two attached hydrogens (primary N) is 1. The summed E-state index contributed by atoms with van der Waals surface area (Å²) in [5.41, 5.74) is 7.00. The van der Waals surface area contributed by atoms with Gasteiger partial charge in [0, 0.05) is 11.9 Å². The molecule has 1 amide bonds. The van der Waals surface area contributed by atoms with E-state index in [1.807, 2.05) is 6.92 Å². The van der Waals surface area contributed by atoms with E-state index >= 15 is 0 Å². The Balaban J connectivity index is 1.95. The maximum atomic E-state index is 11.9. The molecule has 5 nitrogen and oxygen atoms in total. The molecule has 0 fully saturated rings. The average Bonchev–Trinajstić information content (AvgIpc) is 2.87. The number of carbonyl (C=O) groups is 1. The number of aromatic nitrogens is 1. The second-order valence-corrected chi connectivity index (χ2v) is 5.10. The molecule has 6 heteroatoms. The Kier molecular flexibility index (Phi) is 4.13. The molecule has 0 saturated carbocycles. The first kappa shape index (κ1) is 13.5. The van der Waals surface area contributed by atoms with Crippen LogP contribution >= 0.6 is 11.3 Å². The first-order chi connectivity index (χ1) is 9.06. The van der Waals surface area contributed by atoms with Gasteiger partial charge in [0.1, 0.15) is 16.5 Å². The third kappa shape index (κ3) is 3.52. The summed E-state index contributed by atoms with van der Waals surface area (Å²) in [6, 6.07) is 6.51. The van der Waals surface area contributed by atoms with Crippen molar-refractivity contribution in [3.63, 3.8) is 0 Å². The first-order valence-corrected chi connectivity index (χ1v) is 6.71. The fraction of sp³-hybridized carbons (Fsp3) is 0.231. The zero-order valence-electron chi connectivity index (χ0n) is 10.5. The van der Waals surface area contributed by atoms with Crippen molar-refractivity contribution in [1.29, 1.82) is 0 Å². The predicted molar refractivity (Wildman–Crippen MR) is 74.0 cm³/mol. The number of amides is 1. The van der Waals surface area contributed by atoms with E-state index in [2.05, 4.69) is 10.3 Å². The molecule has 0 spiro atoms. The lowest BCUT2D eigenvalue weighted by Gasteiger charge is -2.03. The Morgan fingerprint density at radius 1 is 1.47 bits per heavy atom. The Morgan fingerprint density at radius 2 is 2.16 bits per heavy atom. The van der Waals surface area contributed by atoms with Crippen LogP contribution in [0.5, 0.6) is 5.75 Å². The van der Waals surface area contributed by atoms with Gasteiger partial charge in [-0.05, 0) is 24.6 Å². The molecule has 1 unspecified atom stereocenters. The van der Waals surface area contributed by atoms with Gasteiger partial charge in [-0.25, -0.2) is 4.98 Å². The summed E-state index contributed by atoms with van der Waals surface area (Å²) >= 11 is 1.38. The molecule has 0 radical (unpaired) electrons. The molecular weight excluding hydrogens is 262 g/mol. The fourth-order valence-corrected chi connectivity index (χ4v) is 2.25. The van der Waals surface area contributed by atoms with E-state index in [-0.39, 0.29) is 17.7 Å². The van der Waals surface area contributed by atoms with Crippen LogP contribution in [-0.2, 0) is 6.54 Å². The summed E-state index contributed by atoms with van der Waals surface area (Å²) in [6.45, 7) is 2.22. The summed E-state index contributed by atoms with van der Waals surface area (Å²) in [5.74, 6) is -0.0209. The molecule has 19 heavy (non-hydrogen) atoms. The number of hydrogen-bond acceptors (Lipinski definition) is 5. The molecule has 0 aliphatic rings. The highest BCUT2D eigenvalue weighted by Gasteiger charge is 2.12. The molecule has 2 rings (SSSR count). The van der Waals surface area contributed by atoms with Crippen molar-refractivity contribution in [3.8, 4) is 5.75 Å². The van der Waals surface area contributed by atoms with E-state index in [9.17, 15) is 4.79 Å². The van der Waals surface area contributed by atoms with Crippen LogP contribution in [-0.4, -0.2) is 16.0 Å². The minimum absolute atomic E-state index is 0.163. The molecular formula is C13H15N3O2S. The molecule has 2 aromatic rings. The normalized spacial score (nSPS) is 12.1. The molecule has 0 aliphatic heterocycles. The van der Waals surface area contributed by atoms with Gasteiger partial charge in [-0.15, -0.1) is 11.3 Å². The highest BCUT2D eigenvalue weighted by molar-refractivity contribution is 7.09. The van der Waals surface area contributed by atoms with E-state index in [1.165, 1.54) is 11.3 Å². The number of phenolic OH excluding ortho intramolecular Hbond substituents is 1. The highest BCUT2D eigenvalue weighted by Crippen LogP contribution is 2.16. The smallest absolute Gasteiger partial charge is 0.271 e. The van der Waals surface area contributed by atoms with Crippen molar-refractivity contribution >= 4 is 17.2 Å². The quantitative estimate of drug-likeness (QED) is 0.795. The van der Waals surface area contributed by atoms with Gasteiger partial charge in [0.15, 0.2) is 0 Å². The summed E-state index contributed by atoms with van der Waals surface area (Å²) < 4.78 is 0. The van der Waals surface area contributed by atoms with E-state index in [4.69, 9.17) is 10.8 Å². The lowest BCUT2D eigenvalue weighted by Crippen LogP contribution is -2.23. The fourth-order valence-electron chi connectivity index (χ4n) is 1.49. The maximum Gasteiger partial charge on any atom is 0.271 e. The minimum atomic E-state index is -0.226. The Morgan fingerprint density at radius 3 is 2.74 bits per heavy atom. The molecule has 4 N–H and O–H groups in total. The number of nitrogens with zero attached hydrogens (tertiary/aromatic N) is 1. The van der Waals surface area contributed by atoms with Crippen LogP contribution in [0.25, 0.3) is 0 Å². The highest BCUT2D eigenvalue weighted by atomic mass is 32.1. The van der Waals surface area contributed by atoms with Crippen LogP contribution in [0, 0.1) is 0 Å². The Bertz CT molecular complexity index is 564. The van der Waals surface area contributed by atoms with Crippen molar-refractivity contribution in [2.45, 2.75) is 19.5 Å².